The largest absolute Gasteiger partial charge is 0.465 e. The quantitative estimate of drug-likeness (QED) is 0.807. The second-order valence-corrected chi connectivity index (χ2v) is 7.10. The van der Waals surface area contributed by atoms with Crippen molar-refractivity contribution in [3.8, 4) is 0 Å². The molecule has 0 bridgehead atoms. The molecule has 1 N–H and O–H groups in total. The average molecular weight is 381 g/mol. The molecular formula is C22H27N3O3. The Kier molecular flexibility index (Phi) is 6.31. The Bertz CT molecular complexity index is 841. The van der Waals surface area contributed by atoms with Crippen molar-refractivity contribution in [3.63, 3.8) is 0 Å². The third kappa shape index (κ3) is 4.70. The summed E-state index contributed by atoms with van der Waals surface area (Å²) in [7, 11) is 1.35. The van der Waals surface area contributed by atoms with E-state index in [4.69, 9.17) is 0 Å². The van der Waals surface area contributed by atoms with E-state index in [0.717, 1.165) is 26.2 Å². The third-order valence-corrected chi connectivity index (χ3v) is 5.25. The van der Waals surface area contributed by atoms with Gasteiger partial charge in [0.1, 0.15) is 0 Å². The van der Waals surface area contributed by atoms with E-state index >= 15 is 0 Å². The molecule has 1 fully saturated rings. The van der Waals surface area contributed by atoms with Crippen molar-refractivity contribution in [3.05, 3.63) is 59.2 Å². The molecule has 1 amide bonds. The fraction of sp³-hybridized carbons (Fsp3) is 0.364. The first-order chi connectivity index (χ1) is 13.5. The summed E-state index contributed by atoms with van der Waals surface area (Å²) in [6.07, 6.45) is 0. The Morgan fingerprint density at radius 2 is 1.68 bits per heavy atom. The van der Waals surface area contributed by atoms with Gasteiger partial charge in [0.15, 0.2) is 0 Å². The summed E-state index contributed by atoms with van der Waals surface area (Å²) >= 11 is 0. The normalized spacial score (nSPS) is 14.6. The van der Waals surface area contributed by atoms with Crippen LogP contribution in [0.4, 0.5) is 11.4 Å². The van der Waals surface area contributed by atoms with E-state index in [1.165, 1.54) is 23.9 Å². The highest BCUT2D eigenvalue weighted by Gasteiger charge is 2.20. The molecule has 0 radical (unpaired) electrons. The van der Waals surface area contributed by atoms with Gasteiger partial charge in [-0.3, -0.25) is 9.69 Å². The number of amides is 1. The molecule has 6 nitrogen and oxygen atoms in total. The summed E-state index contributed by atoms with van der Waals surface area (Å²) in [5.74, 6) is -0.439. The van der Waals surface area contributed by atoms with Crippen molar-refractivity contribution >= 4 is 23.3 Å². The van der Waals surface area contributed by atoms with Crippen LogP contribution in [-0.2, 0) is 9.53 Å². The van der Waals surface area contributed by atoms with Gasteiger partial charge in [-0.15, -0.1) is 0 Å². The number of hydrogen-bond acceptors (Lipinski definition) is 5. The standard InChI is InChI=1S/C22H27N3O3/c1-16-5-4-6-20(17(16)2)25-13-11-24(12-14-25)15-21(26)23-19-9-7-18(8-10-19)22(27)28-3/h4-10H,11-15H2,1-3H3,(H,23,26). The number of esters is 1. The fourth-order valence-electron chi connectivity index (χ4n) is 3.44. The number of carbonyl (C=O) groups excluding carboxylic acids is 2. The molecule has 1 heterocycles. The van der Waals surface area contributed by atoms with Gasteiger partial charge in [-0.05, 0) is 55.3 Å². The zero-order valence-corrected chi connectivity index (χ0v) is 16.7. The number of benzene rings is 2. The van der Waals surface area contributed by atoms with E-state index in [2.05, 4.69) is 51.9 Å². The van der Waals surface area contributed by atoms with Gasteiger partial charge in [0.2, 0.25) is 5.91 Å². The molecular weight excluding hydrogens is 354 g/mol. The van der Waals surface area contributed by atoms with Crippen LogP contribution in [0.1, 0.15) is 21.5 Å². The Morgan fingerprint density at radius 3 is 2.32 bits per heavy atom. The molecule has 2 aromatic carbocycles. The minimum absolute atomic E-state index is 0.0500. The molecule has 148 valence electrons. The molecule has 2 aromatic rings. The van der Waals surface area contributed by atoms with E-state index < -0.39 is 0 Å². The maximum Gasteiger partial charge on any atom is 0.337 e. The lowest BCUT2D eigenvalue weighted by Crippen LogP contribution is -2.48. The second kappa shape index (κ2) is 8.89. The number of piperazine rings is 1. The van der Waals surface area contributed by atoms with E-state index in [-0.39, 0.29) is 11.9 Å². The van der Waals surface area contributed by atoms with Crippen LogP contribution >= 0.6 is 0 Å². The molecule has 28 heavy (non-hydrogen) atoms. The highest BCUT2D eigenvalue weighted by Crippen LogP contribution is 2.23. The number of carbonyl (C=O) groups is 2. The van der Waals surface area contributed by atoms with Crippen molar-refractivity contribution in [1.82, 2.24) is 4.90 Å². The first kappa shape index (κ1) is 19.9. The zero-order chi connectivity index (χ0) is 20.1. The molecule has 1 aliphatic heterocycles. The average Bonchev–Trinajstić information content (AvgIpc) is 2.71. The van der Waals surface area contributed by atoms with Crippen LogP contribution in [0.25, 0.3) is 0 Å². The number of aryl methyl sites for hydroxylation is 1. The van der Waals surface area contributed by atoms with Crippen molar-refractivity contribution in [1.29, 1.82) is 0 Å². The summed E-state index contributed by atoms with van der Waals surface area (Å²) in [5, 5.41) is 2.89. The Labute approximate surface area is 166 Å². The molecule has 0 aromatic heterocycles. The predicted molar refractivity (Wildman–Crippen MR) is 111 cm³/mol. The van der Waals surface area contributed by atoms with Gasteiger partial charge in [0, 0.05) is 37.6 Å². The highest BCUT2D eigenvalue weighted by atomic mass is 16.5. The van der Waals surface area contributed by atoms with Crippen molar-refractivity contribution in [2.75, 3.05) is 50.1 Å². The van der Waals surface area contributed by atoms with E-state index in [0.29, 0.717) is 17.8 Å². The van der Waals surface area contributed by atoms with Crippen LogP contribution in [0, 0.1) is 13.8 Å². The van der Waals surface area contributed by atoms with Gasteiger partial charge in [-0.2, -0.15) is 0 Å². The van der Waals surface area contributed by atoms with Crippen LogP contribution in [-0.4, -0.2) is 56.6 Å². The topological polar surface area (TPSA) is 61.9 Å². The first-order valence-corrected chi connectivity index (χ1v) is 9.49. The van der Waals surface area contributed by atoms with Crippen LogP contribution in [0.15, 0.2) is 42.5 Å². The van der Waals surface area contributed by atoms with Gasteiger partial charge in [0.05, 0.1) is 19.2 Å². The van der Waals surface area contributed by atoms with Crippen LogP contribution in [0.2, 0.25) is 0 Å². The van der Waals surface area contributed by atoms with Crippen LogP contribution in [0.5, 0.6) is 0 Å². The summed E-state index contributed by atoms with van der Waals surface area (Å²) in [6, 6.07) is 13.1. The number of nitrogens with one attached hydrogen (secondary N) is 1. The number of nitrogens with zero attached hydrogens (tertiary/aromatic N) is 2. The molecule has 0 atom stereocenters. The maximum absolute atomic E-state index is 12.3. The summed E-state index contributed by atoms with van der Waals surface area (Å²) in [4.78, 5) is 28.4. The van der Waals surface area contributed by atoms with Gasteiger partial charge in [-0.1, -0.05) is 12.1 Å². The molecule has 0 unspecified atom stereocenters. The van der Waals surface area contributed by atoms with Gasteiger partial charge in [0.25, 0.3) is 0 Å². The highest BCUT2D eigenvalue weighted by molar-refractivity contribution is 5.94. The lowest BCUT2D eigenvalue weighted by molar-refractivity contribution is -0.117. The molecule has 3 rings (SSSR count). The molecule has 0 aliphatic carbocycles. The first-order valence-electron chi connectivity index (χ1n) is 9.49. The third-order valence-electron chi connectivity index (χ3n) is 5.25. The van der Waals surface area contributed by atoms with Gasteiger partial charge < -0.3 is 15.0 Å². The van der Waals surface area contributed by atoms with E-state index in [1.54, 1.807) is 24.3 Å². The number of anilines is 2. The maximum atomic E-state index is 12.3. The summed E-state index contributed by atoms with van der Waals surface area (Å²) in [5.41, 5.74) is 5.05. The van der Waals surface area contributed by atoms with Crippen LogP contribution < -0.4 is 10.2 Å². The molecule has 0 spiro atoms. The number of hydrogen-bond donors (Lipinski definition) is 1. The number of methoxy groups -OCH3 is 1. The van der Waals surface area contributed by atoms with E-state index in [9.17, 15) is 9.59 Å². The lowest BCUT2D eigenvalue weighted by Gasteiger charge is -2.36. The Morgan fingerprint density at radius 1 is 1.00 bits per heavy atom. The Balaban J connectivity index is 1.50. The smallest absolute Gasteiger partial charge is 0.337 e. The predicted octanol–water partition coefficient (Wildman–Crippen LogP) is 2.85. The van der Waals surface area contributed by atoms with E-state index in [1.807, 2.05) is 0 Å². The molecule has 6 heteroatoms. The fourth-order valence-corrected chi connectivity index (χ4v) is 3.44. The minimum atomic E-state index is -0.389. The van der Waals surface area contributed by atoms with Crippen molar-refractivity contribution < 1.29 is 14.3 Å². The van der Waals surface area contributed by atoms with Crippen molar-refractivity contribution in [2.24, 2.45) is 0 Å². The Hall–Kier alpha value is -2.86. The minimum Gasteiger partial charge on any atom is -0.465 e. The molecule has 1 saturated heterocycles. The lowest BCUT2D eigenvalue weighted by atomic mass is 10.1. The van der Waals surface area contributed by atoms with Crippen LogP contribution in [0.3, 0.4) is 0 Å². The molecule has 0 saturated carbocycles. The summed E-state index contributed by atoms with van der Waals surface area (Å²) < 4.78 is 4.68. The van der Waals surface area contributed by atoms with Gasteiger partial charge >= 0.3 is 5.97 Å². The van der Waals surface area contributed by atoms with Gasteiger partial charge in [-0.25, -0.2) is 4.79 Å². The van der Waals surface area contributed by atoms with Crippen molar-refractivity contribution in [2.45, 2.75) is 13.8 Å². The SMILES string of the molecule is COC(=O)c1ccc(NC(=O)CN2CCN(c3cccc(C)c3C)CC2)cc1. The number of rotatable bonds is 5. The summed E-state index contributed by atoms with van der Waals surface area (Å²) in [6.45, 7) is 8.17. The monoisotopic (exact) mass is 381 g/mol. The molecule has 1 aliphatic rings. The zero-order valence-electron chi connectivity index (χ0n) is 16.7. The number of ether oxygens (including phenoxy) is 1. The second-order valence-electron chi connectivity index (χ2n) is 7.10.